The van der Waals surface area contributed by atoms with E-state index in [0.29, 0.717) is 17.0 Å². The number of nitrogens with two attached hydrogens (primary N) is 1. The first-order chi connectivity index (χ1) is 8.93. The smallest absolute Gasteiger partial charge is 0.182 e. The van der Waals surface area contributed by atoms with Crippen molar-refractivity contribution in [3.63, 3.8) is 0 Å². The Bertz CT molecular complexity index is 539. The summed E-state index contributed by atoms with van der Waals surface area (Å²) in [6.07, 6.45) is 7.03. The van der Waals surface area contributed by atoms with Crippen LogP contribution in [-0.2, 0) is 9.84 Å². The fourth-order valence-electron chi connectivity index (χ4n) is 2.80. The lowest BCUT2D eigenvalue weighted by atomic mass is 9.83. The van der Waals surface area contributed by atoms with Gasteiger partial charge in [-0.05, 0) is 30.3 Å². The molecule has 0 aliphatic heterocycles. The Morgan fingerprint density at radius 2 is 2.11 bits per heavy atom. The van der Waals surface area contributed by atoms with Crippen LogP contribution in [0, 0.1) is 5.92 Å². The molecule has 0 bridgehead atoms. The molecule has 5 nitrogen and oxygen atoms in total. The van der Waals surface area contributed by atoms with Crippen LogP contribution in [0.5, 0.6) is 0 Å². The highest BCUT2D eigenvalue weighted by Crippen LogP contribution is 2.35. The molecule has 2 rings (SSSR count). The third kappa shape index (κ3) is 3.20. The largest absolute Gasteiger partial charge is 0.382 e. The Kier molecular flexibility index (Phi) is 4.35. The standard InChI is InChI=1S/C12H21N3O2S2/c1-3-8-6-4-5-7-9(8)14-12-10(19(2,16)17)11(13)15-18-12/h8-9,14H,3-7H2,1-2H3,(H2,13,15). The van der Waals surface area contributed by atoms with E-state index in [1.807, 2.05) is 0 Å². The Labute approximate surface area is 118 Å². The lowest BCUT2D eigenvalue weighted by molar-refractivity contribution is 0.317. The maximum absolute atomic E-state index is 11.8. The van der Waals surface area contributed by atoms with Crippen molar-refractivity contribution < 1.29 is 8.42 Å². The highest BCUT2D eigenvalue weighted by molar-refractivity contribution is 7.91. The van der Waals surface area contributed by atoms with Gasteiger partial charge in [0.15, 0.2) is 15.7 Å². The second-order valence-electron chi connectivity index (χ2n) is 5.20. The van der Waals surface area contributed by atoms with Crippen molar-refractivity contribution >= 4 is 32.2 Å². The predicted octanol–water partition coefficient (Wildman–Crippen LogP) is 2.51. The van der Waals surface area contributed by atoms with Gasteiger partial charge in [0, 0.05) is 12.3 Å². The van der Waals surface area contributed by atoms with E-state index in [2.05, 4.69) is 16.6 Å². The molecule has 19 heavy (non-hydrogen) atoms. The molecule has 0 aromatic carbocycles. The van der Waals surface area contributed by atoms with Crippen LogP contribution in [0.1, 0.15) is 39.0 Å². The number of nitrogens with zero attached hydrogens (tertiary/aromatic N) is 1. The molecule has 2 atom stereocenters. The van der Waals surface area contributed by atoms with Crippen LogP contribution < -0.4 is 11.1 Å². The molecule has 0 radical (unpaired) electrons. The lowest BCUT2D eigenvalue weighted by Crippen LogP contribution is -2.31. The summed E-state index contributed by atoms with van der Waals surface area (Å²) < 4.78 is 27.5. The average molecular weight is 303 g/mol. The molecular formula is C12H21N3O2S2. The van der Waals surface area contributed by atoms with Crippen molar-refractivity contribution in [2.45, 2.75) is 50.0 Å². The molecule has 1 saturated carbocycles. The zero-order chi connectivity index (χ0) is 14.0. The summed E-state index contributed by atoms with van der Waals surface area (Å²) in [7, 11) is -3.34. The Morgan fingerprint density at radius 3 is 2.74 bits per heavy atom. The average Bonchev–Trinajstić information content (AvgIpc) is 2.71. The monoisotopic (exact) mass is 303 g/mol. The van der Waals surface area contributed by atoms with Gasteiger partial charge >= 0.3 is 0 Å². The molecule has 108 valence electrons. The van der Waals surface area contributed by atoms with Crippen molar-refractivity contribution in [3.8, 4) is 0 Å². The molecule has 1 fully saturated rings. The number of nitrogen functional groups attached to an aromatic ring is 1. The number of sulfone groups is 1. The van der Waals surface area contributed by atoms with Crippen LogP contribution in [-0.4, -0.2) is 25.1 Å². The molecule has 1 aliphatic rings. The molecule has 0 spiro atoms. The van der Waals surface area contributed by atoms with Gasteiger partial charge in [0.2, 0.25) is 0 Å². The summed E-state index contributed by atoms with van der Waals surface area (Å²) in [4.78, 5) is 0.165. The number of rotatable bonds is 4. The van der Waals surface area contributed by atoms with Crippen LogP contribution in [0.3, 0.4) is 0 Å². The van der Waals surface area contributed by atoms with Crippen LogP contribution in [0.15, 0.2) is 4.90 Å². The first-order valence-electron chi connectivity index (χ1n) is 6.65. The van der Waals surface area contributed by atoms with E-state index in [1.54, 1.807) is 0 Å². The number of aromatic nitrogens is 1. The summed E-state index contributed by atoms with van der Waals surface area (Å²) in [5.41, 5.74) is 5.68. The lowest BCUT2D eigenvalue weighted by Gasteiger charge is -2.31. The van der Waals surface area contributed by atoms with Crippen molar-refractivity contribution in [3.05, 3.63) is 0 Å². The van der Waals surface area contributed by atoms with Gasteiger partial charge in [0.25, 0.3) is 0 Å². The summed E-state index contributed by atoms with van der Waals surface area (Å²) in [6.45, 7) is 2.18. The zero-order valence-corrected chi connectivity index (χ0v) is 13.0. The molecular weight excluding hydrogens is 282 g/mol. The number of anilines is 2. The van der Waals surface area contributed by atoms with Crippen LogP contribution in [0.2, 0.25) is 0 Å². The van der Waals surface area contributed by atoms with E-state index in [-0.39, 0.29) is 10.7 Å². The van der Waals surface area contributed by atoms with E-state index in [9.17, 15) is 8.42 Å². The minimum Gasteiger partial charge on any atom is -0.382 e. The van der Waals surface area contributed by atoms with E-state index in [4.69, 9.17) is 5.73 Å². The fourth-order valence-corrected chi connectivity index (χ4v) is 4.92. The topological polar surface area (TPSA) is 85.1 Å². The van der Waals surface area contributed by atoms with Crippen molar-refractivity contribution in [1.29, 1.82) is 0 Å². The second kappa shape index (κ2) is 5.66. The third-order valence-electron chi connectivity index (χ3n) is 3.79. The molecule has 1 aliphatic carbocycles. The molecule has 0 amide bonds. The molecule has 3 N–H and O–H groups in total. The van der Waals surface area contributed by atoms with Gasteiger partial charge in [-0.2, -0.15) is 4.37 Å². The van der Waals surface area contributed by atoms with Crippen LogP contribution in [0.25, 0.3) is 0 Å². The van der Waals surface area contributed by atoms with E-state index < -0.39 is 9.84 Å². The summed E-state index contributed by atoms with van der Waals surface area (Å²) in [5.74, 6) is 0.711. The zero-order valence-electron chi connectivity index (χ0n) is 11.3. The van der Waals surface area contributed by atoms with Gasteiger partial charge in [0.05, 0.1) is 0 Å². The van der Waals surface area contributed by atoms with Gasteiger partial charge in [-0.15, -0.1) is 0 Å². The van der Waals surface area contributed by atoms with E-state index >= 15 is 0 Å². The SMILES string of the molecule is CCC1CCCCC1Nc1snc(N)c1S(C)(=O)=O. The maximum Gasteiger partial charge on any atom is 0.182 e. The summed E-state index contributed by atoms with van der Waals surface area (Å²) in [5, 5.41) is 3.98. The van der Waals surface area contributed by atoms with Crippen molar-refractivity contribution in [2.75, 3.05) is 17.3 Å². The Morgan fingerprint density at radius 1 is 1.42 bits per heavy atom. The summed E-state index contributed by atoms with van der Waals surface area (Å²) >= 11 is 1.14. The van der Waals surface area contributed by atoms with Crippen molar-refractivity contribution in [1.82, 2.24) is 4.37 Å². The normalized spacial score (nSPS) is 24.3. The molecule has 1 heterocycles. The van der Waals surface area contributed by atoms with Gasteiger partial charge < -0.3 is 11.1 Å². The van der Waals surface area contributed by atoms with Crippen LogP contribution >= 0.6 is 11.5 Å². The second-order valence-corrected chi connectivity index (χ2v) is 7.93. The fraction of sp³-hybridized carbons (Fsp3) is 0.750. The first kappa shape index (κ1) is 14.6. The quantitative estimate of drug-likeness (QED) is 0.892. The van der Waals surface area contributed by atoms with E-state index in [0.717, 1.165) is 24.4 Å². The number of hydrogen-bond acceptors (Lipinski definition) is 6. The first-order valence-corrected chi connectivity index (χ1v) is 9.31. The third-order valence-corrected chi connectivity index (χ3v) is 5.87. The molecule has 2 unspecified atom stereocenters. The van der Waals surface area contributed by atoms with Gasteiger partial charge in [-0.3, -0.25) is 0 Å². The predicted molar refractivity (Wildman–Crippen MR) is 79.3 cm³/mol. The van der Waals surface area contributed by atoms with Crippen molar-refractivity contribution in [2.24, 2.45) is 5.92 Å². The van der Waals surface area contributed by atoms with Gasteiger partial charge in [-0.1, -0.05) is 26.2 Å². The minimum absolute atomic E-state index is 0.110. The molecule has 1 aromatic heterocycles. The molecule has 0 saturated heterocycles. The highest BCUT2D eigenvalue weighted by atomic mass is 32.2. The van der Waals surface area contributed by atoms with Gasteiger partial charge in [-0.25, -0.2) is 8.42 Å². The number of hydrogen-bond donors (Lipinski definition) is 2. The Hall–Kier alpha value is -0.820. The number of nitrogens with one attached hydrogen (secondary N) is 1. The highest BCUT2D eigenvalue weighted by Gasteiger charge is 2.27. The Balaban J connectivity index is 2.24. The maximum atomic E-state index is 11.8. The van der Waals surface area contributed by atoms with Crippen LogP contribution in [0.4, 0.5) is 10.8 Å². The summed E-state index contributed by atoms with van der Waals surface area (Å²) in [6, 6.07) is 0.332. The van der Waals surface area contributed by atoms with E-state index in [1.165, 1.54) is 25.5 Å². The molecule has 7 heteroatoms. The minimum atomic E-state index is -3.34. The van der Waals surface area contributed by atoms with Gasteiger partial charge in [0.1, 0.15) is 9.90 Å². The molecule has 1 aromatic rings.